The molecule has 2 aromatic heterocycles. The smallest absolute Gasteiger partial charge is 0.219 e. The van der Waals surface area contributed by atoms with Crippen LogP contribution in [0.2, 0.25) is 0 Å². The molecule has 0 aliphatic rings. The van der Waals surface area contributed by atoms with E-state index in [1.807, 2.05) is 33.9 Å². The fraction of sp³-hybridized carbons (Fsp3) is 0.429. The van der Waals surface area contributed by atoms with E-state index >= 15 is 0 Å². The molecule has 0 atom stereocenters. The van der Waals surface area contributed by atoms with Gasteiger partial charge in [0, 0.05) is 17.5 Å². The third kappa shape index (κ3) is 2.86. The lowest BCUT2D eigenvalue weighted by Gasteiger charge is -2.10. The molecule has 19 heavy (non-hydrogen) atoms. The molecule has 0 radical (unpaired) electrons. The molecule has 0 bridgehead atoms. The van der Waals surface area contributed by atoms with Crippen LogP contribution < -0.4 is 4.74 Å². The van der Waals surface area contributed by atoms with Gasteiger partial charge in [0.25, 0.3) is 0 Å². The van der Waals surface area contributed by atoms with Gasteiger partial charge in [0.15, 0.2) is 0 Å². The molecule has 2 heterocycles. The molecule has 5 nitrogen and oxygen atoms in total. The lowest BCUT2D eigenvalue weighted by molar-refractivity contribution is 0.391. The van der Waals surface area contributed by atoms with Crippen LogP contribution in [0.5, 0.6) is 5.88 Å². The summed E-state index contributed by atoms with van der Waals surface area (Å²) >= 11 is 0. The molecule has 0 fully saturated rings. The van der Waals surface area contributed by atoms with Crippen molar-refractivity contribution in [2.45, 2.75) is 34.1 Å². The Kier molecular flexibility index (Phi) is 3.74. The summed E-state index contributed by atoms with van der Waals surface area (Å²) in [5.74, 6) is 2.08. The van der Waals surface area contributed by atoms with Crippen molar-refractivity contribution in [3.05, 3.63) is 40.4 Å². The molecule has 0 saturated carbocycles. The van der Waals surface area contributed by atoms with Gasteiger partial charge < -0.3 is 4.74 Å². The van der Waals surface area contributed by atoms with E-state index in [2.05, 4.69) is 19.9 Å². The van der Waals surface area contributed by atoms with Crippen LogP contribution in [0.25, 0.3) is 0 Å². The number of hydrogen-bond acceptors (Lipinski definition) is 5. The lowest BCUT2D eigenvalue weighted by Crippen LogP contribution is -2.07. The fourth-order valence-corrected chi connectivity index (χ4v) is 1.84. The van der Waals surface area contributed by atoms with Gasteiger partial charge in [-0.3, -0.25) is 0 Å². The molecule has 0 spiro atoms. The molecule has 0 amide bonds. The van der Waals surface area contributed by atoms with Gasteiger partial charge in [-0.2, -0.15) is 4.98 Å². The standard InChI is InChI=1S/C14H18N4O/c1-8-7-15-13(16-10(8)3)6-12-9(2)14(19-5)18-11(4)17-12/h7H,6H2,1-5H3. The van der Waals surface area contributed by atoms with E-state index in [0.29, 0.717) is 18.1 Å². The molecule has 100 valence electrons. The normalized spacial score (nSPS) is 10.6. The number of nitrogens with zero attached hydrogens (tertiary/aromatic N) is 4. The number of methoxy groups -OCH3 is 1. The third-order valence-corrected chi connectivity index (χ3v) is 3.11. The molecule has 0 aromatic carbocycles. The van der Waals surface area contributed by atoms with Crippen molar-refractivity contribution in [2.24, 2.45) is 0 Å². The lowest BCUT2D eigenvalue weighted by atomic mass is 10.1. The SMILES string of the molecule is COc1nc(C)nc(Cc2ncc(C)c(C)n2)c1C. The summed E-state index contributed by atoms with van der Waals surface area (Å²) in [5.41, 5.74) is 3.94. The first-order chi connectivity index (χ1) is 9.01. The Labute approximate surface area is 113 Å². The maximum absolute atomic E-state index is 5.26. The van der Waals surface area contributed by atoms with Crippen molar-refractivity contribution in [1.29, 1.82) is 0 Å². The van der Waals surface area contributed by atoms with Crippen LogP contribution in [0.1, 0.15) is 34.2 Å². The van der Waals surface area contributed by atoms with Gasteiger partial charge in [0.1, 0.15) is 11.6 Å². The number of ether oxygens (including phenoxy) is 1. The Morgan fingerprint density at radius 2 is 1.79 bits per heavy atom. The zero-order chi connectivity index (χ0) is 14.0. The van der Waals surface area contributed by atoms with Crippen molar-refractivity contribution in [2.75, 3.05) is 7.11 Å². The van der Waals surface area contributed by atoms with Gasteiger partial charge in [0.05, 0.1) is 19.2 Å². The summed E-state index contributed by atoms with van der Waals surface area (Å²) in [6, 6.07) is 0. The Bertz CT molecular complexity index is 611. The summed E-state index contributed by atoms with van der Waals surface area (Å²) in [6.45, 7) is 7.79. The van der Waals surface area contributed by atoms with Crippen LogP contribution in [0.4, 0.5) is 0 Å². The molecule has 5 heteroatoms. The van der Waals surface area contributed by atoms with Gasteiger partial charge in [-0.15, -0.1) is 0 Å². The van der Waals surface area contributed by atoms with Crippen LogP contribution in [-0.4, -0.2) is 27.0 Å². The van der Waals surface area contributed by atoms with E-state index in [1.165, 1.54) is 0 Å². The molecule has 0 saturated heterocycles. The first-order valence-electron chi connectivity index (χ1n) is 6.18. The minimum absolute atomic E-state index is 0.590. The van der Waals surface area contributed by atoms with E-state index in [1.54, 1.807) is 7.11 Å². The monoisotopic (exact) mass is 258 g/mol. The average molecular weight is 258 g/mol. The third-order valence-electron chi connectivity index (χ3n) is 3.11. The maximum Gasteiger partial charge on any atom is 0.219 e. The van der Waals surface area contributed by atoms with E-state index in [4.69, 9.17) is 4.74 Å². The fourth-order valence-electron chi connectivity index (χ4n) is 1.84. The van der Waals surface area contributed by atoms with E-state index in [9.17, 15) is 0 Å². The summed E-state index contributed by atoms with van der Waals surface area (Å²) < 4.78 is 5.26. The summed E-state index contributed by atoms with van der Waals surface area (Å²) in [5, 5.41) is 0. The molecular formula is C14H18N4O. The molecule has 0 unspecified atom stereocenters. The second-order valence-corrected chi connectivity index (χ2v) is 4.58. The number of aryl methyl sites for hydroxylation is 3. The number of hydrogen-bond donors (Lipinski definition) is 0. The molecule has 0 aliphatic heterocycles. The highest BCUT2D eigenvalue weighted by molar-refractivity contribution is 5.31. The Hall–Kier alpha value is -2.04. The summed E-state index contributed by atoms with van der Waals surface area (Å²) in [6.07, 6.45) is 2.44. The van der Waals surface area contributed by atoms with E-state index < -0.39 is 0 Å². The zero-order valence-electron chi connectivity index (χ0n) is 12.0. The molecule has 2 aromatic rings. The first kappa shape index (κ1) is 13.4. The van der Waals surface area contributed by atoms with Crippen molar-refractivity contribution < 1.29 is 4.74 Å². The topological polar surface area (TPSA) is 60.8 Å². The average Bonchev–Trinajstić information content (AvgIpc) is 2.37. The largest absolute Gasteiger partial charge is 0.481 e. The summed E-state index contributed by atoms with van der Waals surface area (Å²) in [4.78, 5) is 17.5. The quantitative estimate of drug-likeness (QED) is 0.843. The van der Waals surface area contributed by atoms with Gasteiger partial charge in [0.2, 0.25) is 5.88 Å². The van der Waals surface area contributed by atoms with Crippen molar-refractivity contribution in [1.82, 2.24) is 19.9 Å². The van der Waals surface area contributed by atoms with E-state index in [0.717, 1.165) is 28.3 Å². The van der Waals surface area contributed by atoms with Gasteiger partial charge in [-0.05, 0) is 33.3 Å². The molecule has 2 rings (SSSR count). The second kappa shape index (κ2) is 5.30. The highest BCUT2D eigenvalue weighted by Crippen LogP contribution is 2.19. The Morgan fingerprint density at radius 1 is 1.05 bits per heavy atom. The Morgan fingerprint density at radius 3 is 2.42 bits per heavy atom. The van der Waals surface area contributed by atoms with Crippen LogP contribution in [0.15, 0.2) is 6.20 Å². The molecule has 0 N–H and O–H groups in total. The highest BCUT2D eigenvalue weighted by atomic mass is 16.5. The first-order valence-corrected chi connectivity index (χ1v) is 6.18. The van der Waals surface area contributed by atoms with Gasteiger partial charge >= 0.3 is 0 Å². The number of aromatic nitrogens is 4. The summed E-state index contributed by atoms with van der Waals surface area (Å²) in [7, 11) is 1.62. The minimum Gasteiger partial charge on any atom is -0.481 e. The molecule has 0 aliphatic carbocycles. The second-order valence-electron chi connectivity index (χ2n) is 4.58. The van der Waals surface area contributed by atoms with Crippen molar-refractivity contribution in [3.63, 3.8) is 0 Å². The minimum atomic E-state index is 0.590. The van der Waals surface area contributed by atoms with Gasteiger partial charge in [-0.25, -0.2) is 15.0 Å². The predicted molar refractivity (Wildman–Crippen MR) is 72.4 cm³/mol. The van der Waals surface area contributed by atoms with E-state index in [-0.39, 0.29) is 0 Å². The highest BCUT2D eigenvalue weighted by Gasteiger charge is 2.11. The van der Waals surface area contributed by atoms with Crippen molar-refractivity contribution in [3.8, 4) is 5.88 Å². The Balaban J connectivity index is 2.37. The maximum atomic E-state index is 5.26. The van der Waals surface area contributed by atoms with Gasteiger partial charge in [-0.1, -0.05) is 0 Å². The molecular weight excluding hydrogens is 240 g/mol. The van der Waals surface area contributed by atoms with Crippen molar-refractivity contribution >= 4 is 0 Å². The van der Waals surface area contributed by atoms with Crippen LogP contribution in [-0.2, 0) is 6.42 Å². The zero-order valence-corrected chi connectivity index (χ0v) is 12.0. The van der Waals surface area contributed by atoms with Crippen LogP contribution >= 0.6 is 0 Å². The predicted octanol–water partition coefficient (Wildman–Crippen LogP) is 2.10. The van der Waals surface area contributed by atoms with Crippen LogP contribution in [0, 0.1) is 27.7 Å². The number of rotatable bonds is 3. The van der Waals surface area contributed by atoms with Crippen LogP contribution in [0.3, 0.4) is 0 Å².